The molecule has 0 saturated heterocycles. The number of amides is 1. The van der Waals surface area contributed by atoms with Crippen molar-refractivity contribution in [2.45, 2.75) is 6.42 Å². The molecule has 4 nitrogen and oxygen atoms in total. The quantitative estimate of drug-likeness (QED) is 0.711. The van der Waals surface area contributed by atoms with Crippen molar-refractivity contribution in [3.05, 3.63) is 28.8 Å². The van der Waals surface area contributed by atoms with Crippen molar-refractivity contribution < 1.29 is 4.79 Å². The van der Waals surface area contributed by atoms with Gasteiger partial charge >= 0.3 is 0 Å². The summed E-state index contributed by atoms with van der Waals surface area (Å²) in [6.07, 6.45) is 0.385. The summed E-state index contributed by atoms with van der Waals surface area (Å²) in [6.45, 7) is 0.511. The van der Waals surface area contributed by atoms with E-state index in [2.05, 4.69) is 10.6 Å². The van der Waals surface area contributed by atoms with Crippen LogP contribution in [-0.2, 0) is 4.79 Å². The number of carbonyl (C=O) groups excluding carboxylic acids is 1. The number of benzene rings is 1. The Morgan fingerprint density at radius 2 is 2.24 bits per heavy atom. The molecule has 1 amide bonds. The molecule has 0 heterocycles. The molecule has 0 bridgehead atoms. The average molecular weight is 272 g/mol. The molecule has 0 atom stereocenters. The molecule has 0 spiro atoms. The minimum absolute atomic E-state index is 0.0247. The number of nitrogens with one attached hydrogen (secondary N) is 2. The highest BCUT2D eigenvalue weighted by Gasteiger charge is 2.06. The van der Waals surface area contributed by atoms with Crippen LogP contribution in [0.25, 0.3) is 0 Å². The van der Waals surface area contributed by atoms with E-state index in [1.54, 1.807) is 25.2 Å². The normalized spacial score (nSPS) is 9.76. The molecule has 17 heavy (non-hydrogen) atoms. The van der Waals surface area contributed by atoms with Gasteiger partial charge in [0, 0.05) is 36.3 Å². The zero-order valence-electron chi connectivity index (χ0n) is 9.42. The van der Waals surface area contributed by atoms with Crippen molar-refractivity contribution >= 4 is 40.4 Å². The third-order valence-electron chi connectivity index (χ3n) is 2.19. The van der Waals surface area contributed by atoms with Gasteiger partial charge in [-0.2, -0.15) is 0 Å². The van der Waals surface area contributed by atoms with Crippen LogP contribution in [0.4, 0.5) is 5.69 Å². The maximum absolute atomic E-state index is 11.1. The lowest BCUT2D eigenvalue weighted by Crippen LogP contribution is -2.21. The number of thiocarbonyl (C=S) groups is 1. The van der Waals surface area contributed by atoms with Crippen LogP contribution in [0, 0.1) is 0 Å². The standard InChI is InChI=1S/C11H14ClN3OS/c1-14-10(16)4-5-15-9-3-2-7(12)6-8(9)11(13)17/h2-3,6,15H,4-5H2,1H3,(H2,13,17)(H,14,16). The third-order valence-corrected chi connectivity index (χ3v) is 2.65. The topological polar surface area (TPSA) is 67.2 Å². The fourth-order valence-corrected chi connectivity index (χ4v) is 1.65. The minimum atomic E-state index is -0.0247. The van der Waals surface area contributed by atoms with Gasteiger partial charge in [0.2, 0.25) is 5.91 Å². The summed E-state index contributed by atoms with van der Waals surface area (Å²) in [5.41, 5.74) is 7.06. The van der Waals surface area contributed by atoms with Crippen molar-refractivity contribution in [3.8, 4) is 0 Å². The average Bonchev–Trinajstić information content (AvgIpc) is 2.30. The van der Waals surface area contributed by atoms with E-state index in [1.165, 1.54) is 0 Å². The van der Waals surface area contributed by atoms with Crippen LogP contribution in [0.1, 0.15) is 12.0 Å². The maximum Gasteiger partial charge on any atom is 0.221 e. The van der Waals surface area contributed by atoms with E-state index in [-0.39, 0.29) is 10.9 Å². The predicted octanol–water partition coefficient (Wildman–Crippen LogP) is 1.52. The second-order valence-corrected chi connectivity index (χ2v) is 4.28. The molecule has 0 radical (unpaired) electrons. The van der Waals surface area contributed by atoms with E-state index >= 15 is 0 Å². The summed E-state index contributed by atoms with van der Waals surface area (Å²) in [5, 5.41) is 6.22. The number of nitrogens with two attached hydrogens (primary N) is 1. The number of halogens is 1. The Balaban J connectivity index is 2.70. The van der Waals surface area contributed by atoms with Crippen molar-refractivity contribution in [2.24, 2.45) is 5.73 Å². The highest BCUT2D eigenvalue weighted by atomic mass is 35.5. The van der Waals surface area contributed by atoms with Crippen LogP contribution < -0.4 is 16.4 Å². The van der Waals surface area contributed by atoms with Crippen molar-refractivity contribution in [2.75, 3.05) is 18.9 Å². The first kappa shape index (κ1) is 13.7. The zero-order valence-corrected chi connectivity index (χ0v) is 11.0. The summed E-state index contributed by atoms with van der Waals surface area (Å²) >= 11 is 10.8. The molecule has 0 aliphatic rings. The number of anilines is 1. The van der Waals surface area contributed by atoms with E-state index in [4.69, 9.17) is 29.6 Å². The van der Waals surface area contributed by atoms with Gasteiger partial charge in [-0.1, -0.05) is 23.8 Å². The predicted molar refractivity (Wildman–Crippen MR) is 74.5 cm³/mol. The molecule has 0 fully saturated rings. The lowest BCUT2D eigenvalue weighted by Gasteiger charge is -2.11. The number of rotatable bonds is 5. The number of carbonyl (C=O) groups is 1. The highest BCUT2D eigenvalue weighted by molar-refractivity contribution is 7.80. The Labute approximate surface area is 111 Å². The van der Waals surface area contributed by atoms with Crippen LogP contribution in [-0.4, -0.2) is 24.5 Å². The fourth-order valence-electron chi connectivity index (χ4n) is 1.31. The molecule has 92 valence electrons. The van der Waals surface area contributed by atoms with Crippen molar-refractivity contribution in [1.29, 1.82) is 0 Å². The van der Waals surface area contributed by atoms with Crippen LogP contribution in [0.3, 0.4) is 0 Å². The smallest absolute Gasteiger partial charge is 0.221 e. The summed E-state index contributed by atoms with van der Waals surface area (Å²) in [6, 6.07) is 5.23. The molecule has 4 N–H and O–H groups in total. The van der Waals surface area contributed by atoms with Crippen molar-refractivity contribution in [3.63, 3.8) is 0 Å². The van der Waals surface area contributed by atoms with Gasteiger partial charge in [-0.3, -0.25) is 4.79 Å². The molecule has 0 saturated carbocycles. The van der Waals surface area contributed by atoms with E-state index in [0.29, 0.717) is 23.6 Å². The first-order valence-electron chi connectivity index (χ1n) is 5.08. The third kappa shape index (κ3) is 4.20. The van der Waals surface area contributed by atoms with Gasteiger partial charge in [-0.05, 0) is 18.2 Å². The largest absolute Gasteiger partial charge is 0.389 e. The summed E-state index contributed by atoms with van der Waals surface area (Å²) in [4.78, 5) is 11.3. The first-order chi connectivity index (χ1) is 8.04. The van der Waals surface area contributed by atoms with E-state index in [9.17, 15) is 4.79 Å². The van der Waals surface area contributed by atoms with Crippen molar-refractivity contribution in [1.82, 2.24) is 5.32 Å². The van der Waals surface area contributed by atoms with Gasteiger partial charge in [0.25, 0.3) is 0 Å². The minimum Gasteiger partial charge on any atom is -0.389 e. The lowest BCUT2D eigenvalue weighted by atomic mass is 10.1. The van der Waals surface area contributed by atoms with Gasteiger partial charge < -0.3 is 16.4 Å². The van der Waals surface area contributed by atoms with E-state index < -0.39 is 0 Å². The fraction of sp³-hybridized carbons (Fsp3) is 0.273. The molecule has 0 aliphatic carbocycles. The second kappa shape index (κ2) is 6.42. The molecule has 0 aliphatic heterocycles. The first-order valence-corrected chi connectivity index (χ1v) is 5.87. The van der Waals surface area contributed by atoms with Gasteiger partial charge in [0.15, 0.2) is 0 Å². The van der Waals surface area contributed by atoms with Gasteiger partial charge in [0.05, 0.1) is 0 Å². The monoisotopic (exact) mass is 271 g/mol. The number of hydrogen-bond donors (Lipinski definition) is 3. The molecule has 6 heteroatoms. The van der Waals surface area contributed by atoms with Gasteiger partial charge in [-0.15, -0.1) is 0 Å². The van der Waals surface area contributed by atoms with E-state index in [0.717, 1.165) is 5.69 Å². The Kier molecular flexibility index (Phi) is 5.18. The summed E-state index contributed by atoms with van der Waals surface area (Å²) in [7, 11) is 1.60. The number of hydrogen-bond acceptors (Lipinski definition) is 3. The van der Waals surface area contributed by atoms with Gasteiger partial charge in [-0.25, -0.2) is 0 Å². The highest BCUT2D eigenvalue weighted by Crippen LogP contribution is 2.20. The molecule has 1 rings (SSSR count). The molecular weight excluding hydrogens is 258 g/mol. The molecule has 1 aromatic carbocycles. The molecule has 1 aromatic rings. The second-order valence-electron chi connectivity index (χ2n) is 3.40. The van der Waals surface area contributed by atoms with Crippen LogP contribution >= 0.6 is 23.8 Å². The molecule has 0 aromatic heterocycles. The van der Waals surface area contributed by atoms with Crippen LogP contribution in [0.5, 0.6) is 0 Å². The summed E-state index contributed by atoms with van der Waals surface area (Å²) in [5.74, 6) is -0.0247. The lowest BCUT2D eigenvalue weighted by molar-refractivity contribution is -0.120. The zero-order chi connectivity index (χ0) is 12.8. The molecular formula is C11H14ClN3OS. The van der Waals surface area contributed by atoms with E-state index in [1.807, 2.05) is 0 Å². The Morgan fingerprint density at radius 1 is 1.53 bits per heavy atom. The SMILES string of the molecule is CNC(=O)CCNc1ccc(Cl)cc1C(N)=S. The van der Waals surface area contributed by atoms with Gasteiger partial charge in [0.1, 0.15) is 4.99 Å². The Morgan fingerprint density at radius 3 is 2.82 bits per heavy atom. The van der Waals surface area contributed by atoms with Crippen LogP contribution in [0.2, 0.25) is 5.02 Å². The molecule has 0 unspecified atom stereocenters. The van der Waals surface area contributed by atoms with Crippen LogP contribution in [0.15, 0.2) is 18.2 Å². The Bertz CT molecular complexity index is 437. The maximum atomic E-state index is 11.1. The summed E-state index contributed by atoms with van der Waals surface area (Å²) < 4.78 is 0. The Hall–Kier alpha value is -1.33.